The Bertz CT molecular complexity index is 3320. The maximum absolute atomic E-state index is 14.9. The Morgan fingerprint density at radius 3 is 0.693 bits per heavy atom. The summed E-state index contributed by atoms with van der Waals surface area (Å²) in [6.07, 6.45) is 9.96. The van der Waals surface area contributed by atoms with E-state index in [0.29, 0.717) is 121 Å². The van der Waals surface area contributed by atoms with Crippen molar-refractivity contribution in [2.75, 3.05) is 83.0 Å². The van der Waals surface area contributed by atoms with Crippen LogP contribution in [0, 0.1) is 29.6 Å². The second kappa shape index (κ2) is 68.9. The van der Waals surface area contributed by atoms with Gasteiger partial charge in [0.05, 0.1) is 19.8 Å². The highest BCUT2D eigenvalue weighted by Crippen LogP contribution is 2.19. The highest BCUT2D eigenvalue weighted by Gasteiger charge is 2.41. The third-order valence-electron chi connectivity index (χ3n) is 21.9. The summed E-state index contributed by atoms with van der Waals surface area (Å²) in [6.45, 7) is 16.7. The first-order chi connectivity index (χ1) is 60.4. The number of rotatable bonds is 73. The predicted octanol–water partition coefficient (Wildman–Crippen LogP) is -3.80. The molecule has 732 valence electrons. The molecule has 0 rings (SSSR count). The highest BCUT2D eigenvalue weighted by molar-refractivity contribution is 7.98. The first-order valence-corrected chi connectivity index (χ1v) is 48.1. The second-order valence-electron chi connectivity index (χ2n) is 33.4. The SMILES string of the molecule is CC[C@H](C)[C@H](NC(=O)CN)C(=O)N[C@@H](CCSC)C(=O)N[C@@H](CO)C(=O)N[C@@H](CO)C(=O)N[C@@H](CC(C)C)C(=O)N[C@@H](CCSC)C(=O)N[C@@H](CCCCN)C(=O)N[C@@H](CCCCN)C(=O)N[C@@H](CC(C)C)C(=O)N[C@@H](CCCCN)C(=O)N[C@@H](CCCCN)C(=O)N[C@H](C(=O)N[C@H](C(=O)N[C@@H](CCCCN)C(=O)N[C@@H](CCCCN)C(N)=O)[C@@H](C)CC)[C@@H](C)CC. The van der Waals surface area contributed by atoms with Crippen molar-refractivity contribution in [1.82, 2.24) is 79.8 Å². The lowest BCUT2D eigenvalue weighted by Gasteiger charge is -2.31. The van der Waals surface area contributed by atoms with Crippen LogP contribution < -0.4 is 126 Å². The number of amides is 16. The molecule has 41 nitrogen and oxygen atoms in total. The molecule has 0 aromatic rings. The topological polar surface area (TPSA) is 702 Å². The largest absolute Gasteiger partial charge is 0.394 e. The van der Waals surface area contributed by atoms with E-state index in [-0.39, 0.29) is 108 Å². The van der Waals surface area contributed by atoms with Crippen LogP contribution in [-0.2, 0) is 76.7 Å². The molecule has 0 unspecified atom stereocenters. The molecule has 0 bridgehead atoms. The van der Waals surface area contributed by atoms with Crippen LogP contribution in [0.4, 0.5) is 0 Å². The first kappa shape index (κ1) is 119. The number of nitrogens with two attached hydrogens (primary N) is 8. The van der Waals surface area contributed by atoms with Gasteiger partial charge in [0, 0.05) is 0 Å². The molecule has 0 radical (unpaired) electrons. The van der Waals surface area contributed by atoms with Gasteiger partial charge in [-0.2, -0.15) is 23.5 Å². The van der Waals surface area contributed by atoms with Gasteiger partial charge in [0.25, 0.3) is 0 Å². The molecular formula is C84H161N23O18S2. The number of hydrogen-bond donors (Lipinski definition) is 25. The predicted molar refractivity (Wildman–Crippen MR) is 492 cm³/mol. The summed E-state index contributed by atoms with van der Waals surface area (Å²) in [5.41, 5.74) is 46.3. The van der Waals surface area contributed by atoms with Crippen molar-refractivity contribution in [3.05, 3.63) is 0 Å². The maximum Gasteiger partial charge on any atom is 0.245 e. The van der Waals surface area contributed by atoms with Crippen LogP contribution in [-0.4, -0.2) is 278 Å². The smallest absolute Gasteiger partial charge is 0.245 e. The molecule has 0 spiro atoms. The monoisotopic (exact) mass is 1840 g/mol. The Morgan fingerprint density at radius 1 is 0.260 bits per heavy atom. The Balaban J connectivity index is 7.32. The summed E-state index contributed by atoms with van der Waals surface area (Å²) in [5, 5.41) is 61.1. The molecule has 0 aromatic heterocycles. The van der Waals surface area contributed by atoms with Crippen LogP contribution in [0.15, 0.2) is 0 Å². The van der Waals surface area contributed by atoms with Crippen molar-refractivity contribution in [2.45, 2.75) is 320 Å². The van der Waals surface area contributed by atoms with E-state index < -0.39 is 217 Å². The van der Waals surface area contributed by atoms with Gasteiger partial charge in [-0.05, 0) is 234 Å². The fraction of sp³-hybridized carbons (Fsp3) is 0.810. The van der Waals surface area contributed by atoms with Gasteiger partial charge in [-0.15, -0.1) is 0 Å². The molecule has 18 atom stereocenters. The number of hydrogen-bond acceptors (Lipinski definition) is 27. The van der Waals surface area contributed by atoms with E-state index in [1.807, 2.05) is 6.92 Å². The normalized spacial score (nSPS) is 15.6. The minimum atomic E-state index is -1.78. The van der Waals surface area contributed by atoms with Crippen molar-refractivity contribution in [3.63, 3.8) is 0 Å². The van der Waals surface area contributed by atoms with Gasteiger partial charge < -0.3 is 136 Å². The molecule has 0 aliphatic heterocycles. The van der Waals surface area contributed by atoms with E-state index in [2.05, 4.69) is 79.8 Å². The minimum Gasteiger partial charge on any atom is -0.394 e. The highest BCUT2D eigenvalue weighted by atomic mass is 32.2. The number of nitrogens with one attached hydrogen (secondary N) is 15. The summed E-state index contributed by atoms with van der Waals surface area (Å²) in [4.78, 5) is 226. The van der Waals surface area contributed by atoms with Crippen LogP contribution in [0.1, 0.15) is 230 Å². The van der Waals surface area contributed by atoms with E-state index in [0.717, 1.165) is 0 Å². The number of aliphatic hydroxyl groups excluding tert-OH is 2. The zero-order valence-corrected chi connectivity index (χ0v) is 79.0. The summed E-state index contributed by atoms with van der Waals surface area (Å²) in [6, 6.07) is -20.1. The third-order valence-corrected chi connectivity index (χ3v) is 23.2. The Labute approximate surface area is 759 Å². The molecule has 0 aliphatic carbocycles. The number of carbonyl (C=O) groups excluding carboxylic acids is 16. The fourth-order valence-electron chi connectivity index (χ4n) is 13.5. The van der Waals surface area contributed by atoms with E-state index >= 15 is 0 Å². The van der Waals surface area contributed by atoms with Crippen LogP contribution in [0.5, 0.6) is 0 Å². The first-order valence-electron chi connectivity index (χ1n) is 45.3. The molecule has 0 aliphatic rings. The molecule has 43 heteroatoms. The van der Waals surface area contributed by atoms with E-state index in [1.54, 1.807) is 74.8 Å². The fourth-order valence-corrected chi connectivity index (χ4v) is 14.4. The zero-order valence-electron chi connectivity index (χ0n) is 77.4. The van der Waals surface area contributed by atoms with E-state index in [1.165, 1.54) is 23.5 Å². The molecule has 0 fully saturated rings. The molecule has 0 saturated heterocycles. The molecule has 127 heavy (non-hydrogen) atoms. The van der Waals surface area contributed by atoms with E-state index in [4.69, 9.17) is 45.9 Å². The van der Waals surface area contributed by atoms with Crippen molar-refractivity contribution in [3.8, 4) is 0 Å². The van der Waals surface area contributed by atoms with Crippen LogP contribution in [0.3, 0.4) is 0 Å². The average Bonchev–Trinajstić information content (AvgIpc) is 0.851. The summed E-state index contributed by atoms with van der Waals surface area (Å²) < 4.78 is 0. The zero-order chi connectivity index (χ0) is 96.3. The number of carbonyl (C=O) groups is 16. The van der Waals surface area contributed by atoms with Gasteiger partial charge in [-0.1, -0.05) is 88.5 Å². The lowest BCUT2D eigenvalue weighted by molar-refractivity contribution is -0.137. The maximum atomic E-state index is 14.9. The Hall–Kier alpha value is -8.14. The van der Waals surface area contributed by atoms with Crippen molar-refractivity contribution < 1.29 is 86.9 Å². The standard InChI is InChI=1S/C84H161N23O18S2/c1-13-51(8)67(105-66(110)46-91)82(123)100-61(35-43-127-12)76(117)103-65(48-109)81(122)104-64(47-108)80(121)102-63(45-50(6)7)79(120)98-60(34-42-126-11)75(116)95-55(29-17-23-37-86)72(113)94-57(31-19-25-39-88)74(115)101-62(44-49(4)5)78(119)97-56(30-18-24-38-87)73(114)96-59(33-21-27-41-90)77(118)106-69(53(10)15-3)84(125)107-68(52(9)14-2)83(124)99-58(32-20-26-40-89)71(112)93-54(70(92)111)28-16-22-36-85/h49-65,67-69,108-109H,13-48,85-91H2,1-12H3,(H2,92,111)(H,93,112)(H,94,113)(H,95,116)(H,96,114)(H,97,119)(H,98,120)(H,99,124)(H,100,123)(H,101,115)(H,102,121)(H,103,117)(H,104,122)(H,105,110)(H,106,118)(H,107,125)/t51-,52-,53-,54-,55-,56-,57-,58-,59-,60-,61-,62-,63-,64-,65-,67-,68-,69-/m0/s1. The molecule has 0 saturated carbocycles. The summed E-state index contributed by atoms with van der Waals surface area (Å²) in [5.74, 6) is -14.4. The van der Waals surface area contributed by atoms with Crippen LogP contribution >= 0.6 is 23.5 Å². The summed E-state index contributed by atoms with van der Waals surface area (Å²) >= 11 is 2.68. The lowest BCUT2D eigenvalue weighted by Crippen LogP contribution is -2.62. The Morgan fingerprint density at radius 2 is 0.457 bits per heavy atom. The van der Waals surface area contributed by atoms with Crippen LogP contribution in [0.2, 0.25) is 0 Å². The molecule has 33 N–H and O–H groups in total. The number of aliphatic hydroxyl groups is 2. The second-order valence-corrected chi connectivity index (χ2v) is 35.4. The van der Waals surface area contributed by atoms with Crippen molar-refractivity contribution in [2.24, 2.45) is 75.5 Å². The van der Waals surface area contributed by atoms with Gasteiger partial charge in [-0.3, -0.25) is 76.7 Å². The third kappa shape index (κ3) is 47.8. The molecule has 0 aromatic carbocycles. The number of unbranched alkanes of at least 4 members (excludes halogenated alkanes) is 6. The van der Waals surface area contributed by atoms with Gasteiger partial charge in [0.1, 0.15) is 90.6 Å². The minimum absolute atomic E-state index is 0.00540. The van der Waals surface area contributed by atoms with Crippen molar-refractivity contribution >= 4 is 118 Å². The quantitative estimate of drug-likeness (QED) is 0.0260. The summed E-state index contributed by atoms with van der Waals surface area (Å²) in [7, 11) is 0. The molecule has 0 heterocycles. The molecule has 16 amide bonds. The average molecular weight is 1850 g/mol. The lowest BCUT2D eigenvalue weighted by atomic mass is 9.94. The van der Waals surface area contributed by atoms with E-state index in [9.17, 15) is 86.9 Å². The van der Waals surface area contributed by atoms with Gasteiger partial charge in [-0.25, -0.2) is 0 Å². The number of thioether (sulfide) groups is 2. The van der Waals surface area contributed by atoms with Gasteiger partial charge in [0.2, 0.25) is 94.5 Å². The number of primary amides is 1. The van der Waals surface area contributed by atoms with Crippen molar-refractivity contribution in [1.29, 1.82) is 0 Å². The van der Waals surface area contributed by atoms with Gasteiger partial charge >= 0.3 is 0 Å². The van der Waals surface area contributed by atoms with Gasteiger partial charge in [0.15, 0.2) is 0 Å². The molecular weight excluding hydrogens is 1680 g/mol. The Kier molecular flexibility index (Phi) is 64.5. The van der Waals surface area contributed by atoms with Crippen LogP contribution in [0.25, 0.3) is 0 Å².